The number of nitrogens with two attached hydrogens (primary N) is 1. The summed E-state index contributed by atoms with van der Waals surface area (Å²) >= 11 is 0. The van der Waals surface area contributed by atoms with E-state index >= 15 is 0 Å². The second-order valence-electron chi connectivity index (χ2n) is 3.82. The molecule has 0 fully saturated rings. The van der Waals surface area contributed by atoms with Gasteiger partial charge in [-0.3, -0.25) is 4.79 Å². The van der Waals surface area contributed by atoms with Crippen molar-refractivity contribution in [2.24, 2.45) is 12.2 Å². The van der Waals surface area contributed by atoms with Crippen molar-refractivity contribution in [2.45, 2.75) is 11.3 Å². The minimum absolute atomic E-state index is 0.0768. The molecule has 8 heteroatoms. The van der Waals surface area contributed by atoms with Crippen LogP contribution in [0.3, 0.4) is 0 Å². The highest BCUT2D eigenvalue weighted by atomic mass is 32.2. The van der Waals surface area contributed by atoms with Crippen LogP contribution < -0.4 is 10.5 Å². The van der Waals surface area contributed by atoms with E-state index in [1.165, 1.54) is 16.8 Å². The van der Waals surface area contributed by atoms with Gasteiger partial charge in [0.25, 0.3) is 5.91 Å². The molecule has 0 aromatic carbocycles. The average Bonchev–Trinajstić information content (AvgIpc) is 2.66. The first kappa shape index (κ1) is 14.7. The molecule has 1 aromatic heterocycles. The number of nitrogens with one attached hydrogen (secondary N) is 1. The Morgan fingerprint density at radius 2 is 2.22 bits per heavy atom. The normalized spacial score (nSPS) is 11.5. The predicted octanol–water partition coefficient (Wildman–Crippen LogP) is -0.561. The van der Waals surface area contributed by atoms with Crippen LogP contribution in [-0.4, -0.2) is 39.2 Å². The van der Waals surface area contributed by atoms with Gasteiger partial charge in [0.2, 0.25) is 10.0 Å². The lowest BCUT2D eigenvalue weighted by Gasteiger charge is -2.05. The third kappa shape index (κ3) is 3.83. The third-order valence-electron chi connectivity index (χ3n) is 2.35. The molecule has 7 nitrogen and oxygen atoms in total. The van der Waals surface area contributed by atoms with Crippen LogP contribution >= 0.6 is 0 Å². The predicted molar refractivity (Wildman–Crippen MR) is 65.6 cm³/mol. The van der Waals surface area contributed by atoms with Crippen LogP contribution in [-0.2, 0) is 21.8 Å². The number of aromatic nitrogens is 1. The number of methoxy groups -OCH3 is 1. The maximum atomic E-state index is 11.8. The van der Waals surface area contributed by atoms with E-state index in [0.29, 0.717) is 19.6 Å². The molecule has 18 heavy (non-hydrogen) atoms. The summed E-state index contributed by atoms with van der Waals surface area (Å²) in [5.41, 5.74) is 0.247. The minimum Gasteiger partial charge on any atom is -0.385 e. The number of ether oxygens (including phenoxy) is 1. The zero-order valence-corrected chi connectivity index (χ0v) is 11.2. The molecule has 0 radical (unpaired) electrons. The van der Waals surface area contributed by atoms with Crippen LogP contribution in [0.4, 0.5) is 0 Å². The number of rotatable bonds is 6. The van der Waals surface area contributed by atoms with E-state index in [0.717, 1.165) is 0 Å². The molecule has 0 saturated heterocycles. The molecule has 0 saturated carbocycles. The van der Waals surface area contributed by atoms with Gasteiger partial charge in [0.05, 0.1) is 0 Å². The molecule has 0 aliphatic carbocycles. The molecule has 1 aromatic rings. The van der Waals surface area contributed by atoms with Gasteiger partial charge in [0.15, 0.2) is 0 Å². The first-order chi connectivity index (χ1) is 8.36. The Kier molecular flexibility index (Phi) is 4.88. The van der Waals surface area contributed by atoms with E-state index < -0.39 is 10.0 Å². The van der Waals surface area contributed by atoms with Crippen molar-refractivity contribution in [3.8, 4) is 0 Å². The molecule has 1 heterocycles. The van der Waals surface area contributed by atoms with Crippen molar-refractivity contribution >= 4 is 15.9 Å². The summed E-state index contributed by atoms with van der Waals surface area (Å²) < 4.78 is 28.5. The summed E-state index contributed by atoms with van der Waals surface area (Å²) in [4.78, 5) is 11.7. The van der Waals surface area contributed by atoms with Gasteiger partial charge in [0, 0.05) is 33.5 Å². The van der Waals surface area contributed by atoms with Crippen molar-refractivity contribution < 1.29 is 17.9 Å². The number of hydrogen-bond acceptors (Lipinski definition) is 4. The van der Waals surface area contributed by atoms with Gasteiger partial charge in [-0.15, -0.1) is 0 Å². The first-order valence-electron chi connectivity index (χ1n) is 5.32. The molecule has 0 aliphatic rings. The summed E-state index contributed by atoms with van der Waals surface area (Å²) in [5.74, 6) is -0.344. The van der Waals surface area contributed by atoms with Gasteiger partial charge < -0.3 is 14.6 Å². The smallest absolute Gasteiger partial charge is 0.267 e. The zero-order valence-electron chi connectivity index (χ0n) is 10.3. The third-order valence-corrected chi connectivity index (χ3v) is 3.23. The molecule has 3 N–H and O–H groups in total. The van der Waals surface area contributed by atoms with E-state index in [-0.39, 0.29) is 16.5 Å². The Labute approximate surface area is 106 Å². The van der Waals surface area contributed by atoms with Crippen LogP contribution in [0.15, 0.2) is 17.2 Å². The van der Waals surface area contributed by atoms with Gasteiger partial charge >= 0.3 is 0 Å². The fraction of sp³-hybridized carbons (Fsp3) is 0.500. The Bertz CT molecular complexity index is 521. The minimum atomic E-state index is -3.79. The van der Waals surface area contributed by atoms with Gasteiger partial charge in [-0.05, 0) is 12.5 Å². The van der Waals surface area contributed by atoms with Gasteiger partial charge in [0.1, 0.15) is 10.6 Å². The van der Waals surface area contributed by atoms with Crippen LogP contribution in [0.25, 0.3) is 0 Å². The van der Waals surface area contributed by atoms with Gasteiger partial charge in [-0.1, -0.05) is 0 Å². The number of carbonyl (C=O) groups excluding carboxylic acids is 1. The summed E-state index contributed by atoms with van der Waals surface area (Å²) in [7, 11) is -0.625. The molecule has 1 amide bonds. The summed E-state index contributed by atoms with van der Waals surface area (Å²) in [5, 5.41) is 7.65. The fourth-order valence-corrected chi connectivity index (χ4v) is 2.01. The lowest BCUT2D eigenvalue weighted by molar-refractivity contribution is 0.0940. The Morgan fingerprint density at radius 1 is 1.56 bits per heavy atom. The second kappa shape index (κ2) is 5.98. The van der Waals surface area contributed by atoms with Gasteiger partial charge in [-0.25, -0.2) is 13.6 Å². The summed E-state index contributed by atoms with van der Waals surface area (Å²) in [6.07, 6.45) is 1.99. The van der Waals surface area contributed by atoms with Crippen molar-refractivity contribution in [1.29, 1.82) is 0 Å². The number of nitrogens with zero attached hydrogens (tertiary/aromatic N) is 1. The van der Waals surface area contributed by atoms with E-state index in [4.69, 9.17) is 9.88 Å². The highest BCUT2D eigenvalue weighted by molar-refractivity contribution is 7.89. The lowest BCUT2D eigenvalue weighted by atomic mass is 10.3. The van der Waals surface area contributed by atoms with Crippen LogP contribution in [0.2, 0.25) is 0 Å². The Morgan fingerprint density at radius 3 is 2.72 bits per heavy atom. The first-order valence-corrected chi connectivity index (χ1v) is 6.87. The van der Waals surface area contributed by atoms with Crippen LogP contribution in [0.1, 0.15) is 16.9 Å². The number of hydrogen-bond donors (Lipinski definition) is 2. The van der Waals surface area contributed by atoms with Crippen molar-refractivity contribution in [3.63, 3.8) is 0 Å². The average molecular weight is 275 g/mol. The van der Waals surface area contributed by atoms with Crippen molar-refractivity contribution in [2.75, 3.05) is 20.3 Å². The summed E-state index contributed by atoms with van der Waals surface area (Å²) in [6, 6.07) is 1.25. The monoisotopic (exact) mass is 275 g/mol. The summed E-state index contributed by atoms with van der Waals surface area (Å²) in [6.45, 7) is 1.01. The molecule has 0 bridgehead atoms. The van der Waals surface area contributed by atoms with Gasteiger partial charge in [-0.2, -0.15) is 0 Å². The fourth-order valence-electron chi connectivity index (χ4n) is 1.42. The van der Waals surface area contributed by atoms with E-state index in [1.807, 2.05) is 0 Å². The van der Waals surface area contributed by atoms with E-state index in [2.05, 4.69) is 5.32 Å². The van der Waals surface area contributed by atoms with Crippen LogP contribution in [0, 0.1) is 0 Å². The maximum Gasteiger partial charge on any atom is 0.267 e. The number of amides is 1. The second-order valence-corrected chi connectivity index (χ2v) is 5.38. The van der Waals surface area contributed by atoms with E-state index in [1.54, 1.807) is 14.2 Å². The molecule has 0 aliphatic heterocycles. The SMILES string of the molecule is COCCCNC(=O)c1cc(S(N)(=O)=O)cn1C. The lowest BCUT2D eigenvalue weighted by Crippen LogP contribution is -2.26. The van der Waals surface area contributed by atoms with Crippen molar-refractivity contribution in [3.05, 3.63) is 18.0 Å². The molecular weight excluding hydrogens is 258 g/mol. The molecular formula is C10H17N3O4S. The quantitative estimate of drug-likeness (QED) is 0.679. The molecule has 0 unspecified atom stereocenters. The largest absolute Gasteiger partial charge is 0.385 e. The topological polar surface area (TPSA) is 103 Å². The van der Waals surface area contributed by atoms with Crippen LogP contribution in [0.5, 0.6) is 0 Å². The standard InChI is InChI=1S/C10H17N3O4S/c1-13-7-8(18(11,15)16)6-9(13)10(14)12-4-3-5-17-2/h6-7H,3-5H2,1-2H3,(H,12,14)(H2,11,15,16). The molecule has 0 atom stereocenters. The molecule has 0 spiro atoms. The number of primary sulfonamides is 1. The van der Waals surface area contributed by atoms with Crippen molar-refractivity contribution in [1.82, 2.24) is 9.88 Å². The Balaban J connectivity index is 2.72. The number of carbonyl (C=O) groups is 1. The zero-order chi connectivity index (χ0) is 13.8. The van der Waals surface area contributed by atoms with E-state index in [9.17, 15) is 13.2 Å². The number of sulfonamides is 1. The highest BCUT2D eigenvalue weighted by Crippen LogP contribution is 2.11. The molecule has 102 valence electrons. The maximum absolute atomic E-state index is 11.8. The highest BCUT2D eigenvalue weighted by Gasteiger charge is 2.16. The molecule has 1 rings (SSSR count). The number of aryl methyl sites for hydroxylation is 1. The Hall–Kier alpha value is -1.38.